The largest absolute Gasteiger partial charge is 0.497 e. The number of ether oxygens (including phenoxy) is 1. The summed E-state index contributed by atoms with van der Waals surface area (Å²) in [6, 6.07) is 17.3. The van der Waals surface area contributed by atoms with E-state index in [-0.39, 0.29) is 6.04 Å². The third-order valence-corrected chi connectivity index (χ3v) is 4.58. The molecule has 1 fully saturated rings. The lowest BCUT2D eigenvalue weighted by molar-refractivity contribution is 0.198. The summed E-state index contributed by atoms with van der Waals surface area (Å²) in [5.74, 6) is 0.910. The zero-order valence-corrected chi connectivity index (χ0v) is 14.3. The average Bonchev–Trinajstić information content (AvgIpc) is 2.56. The van der Waals surface area contributed by atoms with E-state index in [1.165, 1.54) is 11.1 Å². The lowest BCUT2D eigenvalue weighted by Gasteiger charge is -2.35. The number of halogens is 1. The predicted molar refractivity (Wildman–Crippen MR) is 93.4 cm³/mol. The SMILES string of the molecule is COc1cccc(C(c2cccc(Br)c2)N2CCNCC2)c1. The van der Waals surface area contributed by atoms with Crippen LogP contribution in [0.25, 0.3) is 0 Å². The highest BCUT2D eigenvalue weighted by Gasteiger charge is 2.24. The van der Waals surface area contributed by atoms with Crippen LogP contribution in [0.5, 0.6) is 5.75 Å². The van der Waals surface area contributed by atoms with Crippen molar-refractivity contribution in [2.75, 3.05) is 33.3 Å². The first-order valence-electron chi connectivity index (χ1n) is 7.62. The van der Waals surface area contributed by atoms with Crippen LogP contribution in [0.3, 0.4) is 0 Å². The van der Waals surface area contributed by atoms with Crippen LogP contribution in [0, 0.1) is 0 Å². The minimum absolute atomic E-state index is 0.259. The Kier molecular flexibility index (Phi) is 5.13. The Hall–Kier alpha value is -1.36. The lowest BCUT2D eigenvalue weighted by Crippen LogP contribution is -2.45. The molecule has 1 aliphatic heterocycles. The van der Waals surface area contributed by atoms with Crippen LogP contribution in [0.2, 0.25) is 0 Å². The van der Waals surface area contributed by atoms with Crippen molar-refractivity contribution in [3.8, 4) is 5.75 Å². The molecule has 0 amide bonds. The van der Waals surface area contributed by atoms with Crippen LogP contribution in [0.1, 0.15) is 17.2 Å². The molecule has 1 N–H and O–H groups in total. The molecule has 1 unspecified atom stereocenters. The van der Waals surface area contributed by atoms with E-state index < -0.39 is 0 Å². The predicted octanol–water partition coefficient (Wildman–Crippen LogP) is 3.45. The van der Waals surface area contributed by atoms with E-state index in [4.69, 9.17) is 4.74 Å². The van der Waals surface area contributed by atoms with Gasteiger partial charge in [-0.3, -0.25) is 4.90 Å². The summed E-state index contributed by atoms with van der Waals surface area (Å²) < 4.78 is 6.53. The Bertz CT molecular complexity index is 626. The fourth-order valence-corrected chi connectivity index (χ4v) is 3.46. The summed E-state index contributed by atoms with van der Waals surface area (Å²) in [4.78, 5) is 2.53. The molecule has 22 heavy (non-hydrogen) atoms. The molecule has 2 aromatic carbocycles. The topological polar surface area (TPSA) is 24.5 Å². The van der Waals surface area contributed by atoms with Crippen molar-refractivity contribution in [3.63, 3.8) is 0 Å². The highest BCUT2D eigenvalue weighted by Crippen LogP contribution is 2.32. The third-order valence-electron chi connectivity index (χ3n) is 4.09. The second kappa shape index (κ2) is 7.27. The number of nitrogens with zero attached hydrogens (tertiary/aromatic N) is 1. The van der Waals surface area contributed by atoms with E-state index in [9.17, 15) is 0 Å². The summed E-state index contributed by atoms with van der Waals surface area (Å²) in [5.41, 5.74) is 2.59. The lowest BCUT2D eigenvalue weighted by atomic mass is 9.96. The number of rotatable bonds is 4. The van der Waals surface area contributed by atoms with Gasteiger partial charge in [-0.15, -0.1) is 0 Å². The first kappa shape index (κ1) is 15.5. The number of benzene rings is 2. The van der Waals surface area contributed by atoms with Gasteiger partial charge in [-0.1, -0.05) is 40.2 Å². The number of hydrogen-bond acceptors (Lipinski definition) is 3. The molecular formula is C18H21BrN2O. The van der Waals surface area contributed by atoms with Gasteiger partial charge in [-0.25, -0.2) is 0 Å². The zero-order chi connectivity index (χ0) is 15.4. The summed E-state index contributed by atoms with van der Waals surface area (Å²) in [6.45, 7) is 4.17. The Morgan fingerprint density at radius 3 is 2.41 bits per heavy atom. The van der Waals surface area contributed by atoms with Crippen LogP contribution in [0.15, 0.2) is 53.0 Å². The highest BCUT2D eigenvalue weighted by molar-refractivity contribution is 9.10. The fraction of sp³-hybridized carbons (Fsp3) is 0.333. The van der Waals surface area contributed by atoms with Gasteiger partial charge in [0.1, 0.15) is 5.75 Å². The molecule has 3 nitrogen and oxygen atoms in total. The van der Waals surface area contributed by atoms with Gasteiger partial charge in [0.2, 0.25) is 0 Å². The van der Waals surface area contributed by atoms with Gasteiger partial charge >= 0.3 is 0 Å². The van der Waals surface area contributed by atoms with Gasteiger partial charge < -0.3 is 10.1 Å². The normalized spacial score (nSPS) is 17.2. The van der Waals surface area contributed by atoms with Gasteiger partial charge in [0, 0.05) is 30.7 Å². The highest BCUT2D eigenvalue weighted by atomic mass is 79.9. The van der Waals surface area contributed by atoms with Crippen molar-refractivity contribution in [2.45, 2.75) is 6.04 Å². The molecule has 0 aliphatic carbocycles. The second-order valence-corrected chi connectivity index (χ2v) is 6.44. The van der Waals surface area contributed by atoms with Crippen molar-refractivity contribution in [2.24, 2.45) is 0 Å². The van der Waals surface area contributed by atoms with Gasteiger partial charge in [-0.05, 0) is 35.4 Å². The van der Waals surface area contributed by atoms with E-state index in [0.717, 1.165) is 36.4 Å². The van der Waals surface area contributed by atoms with Crippen LogP contribution < -0.4 is 10.1 Å². The van der Waals surface area contributed by atoms with Crippen molar-refractivity contribution in [1.29, 1.82) is 0 Å². The standard InChI is InChI=1S/C18H21BrN2O/c1-22-17-7-3-5-15(13-17)18(21-10-8-20-9-11-21)14-4-2-6-16(19)12-14/h2-7,12-13,18,20H,8-11H2,1H3. The molecule has 0 saturated carbocycles. The number of piperazine rings is 1. The Balaban J connectivity index is 2.01. The van der Waals surface area contributed by atoms with E-state index in [0.29, 0.717) is 0 Å². The van der Waals surface area contributed by atoms with E-state index in [2.05, 4.69) is 68.6 Å². The van der Waals surface area contributed by atoms with Gasteiger partial charge in [-0.2, -0.15) is 0 Å². The van der Waals surface area contributed by atoms with Crippen LogP contribution in [-0.4, -0.2) is 38.2 Å². The van der Waals surface area contributed by atoms with Crippen LogP contribution in [0.4, 0.5) is 0 Å². The van der Waals surface area contributed by atoms with Crippen molar-refractivity contribution >= 4 is 15.9 Å². The van der Waals surface area contributed by atoms with Crippen molar-refractivity contribution in [3.05, 3.63) is 64.1 Å². The fourth-order valence-electron chi connectivity index (χ4n) is 3.04. The molecule has 2 aromatic rings. The zero-order valence-electron chi connectivity index (χ0n) is 12.8. The van der Waals surface area contributed by atoms with E-state index >= 15 is 0 Å². The van der Waals surface area contributed by atoms with Gasteiger partial charge in [0.15, 0.2) is 0 Å². The minimum atomic E-state index is 0.259. The second-order valence-electron chi connectivity index (χ2n) is 5.52. The molecule has 1 aliphatic rings. The number of hydrogen-bond donors (Lipinski definition) is 1. The Morgan fingerprint density at radius 2 is 1.73 bits per heavy atom. The summed E-state index contributed by atoms with van der Waals surface area (Å²) >= 11 is 3.60. The Morgan fingerprint density at radius 1 is 1.05 bits per heavy atom. The van der Waals surface area contributed by atoms with E-state index in [1.807, 2.05) is 6.07 Å². The molecular weight excluding hydrogens is 340 g/mol. The molecule has 1 atom stereocenters. The Labute approximate surface area is 140 Å². The van der Waals surface area contributed by atoms with Gasteiger partial charge in [0.25, 0.3) is 0 Å². The molecule has 0 spiro atoms. The molecule has 1 heterocycles. The maximum absolute atomic E-state index is 5.41. The average molecular weight is 361 g/mol. The maximum atomic E-state index is 5.41. The first-order chi connectivity index (χ1) is 10.8. The molecule has 116 valence electrons. The van der Waals surface area contributed by atoms with Crippen molar-refractivity contribution in [1.82, 2.24) is 10.2 Å². The third kappa shape index (κ3) is 3.51. The maximum Gasteiger partial charge on any atom is 0.119 e. The molecule has 0 aromatic heterocycles. The molecule has 4 heteroatoms. The van der Waals surface area contributed by atoms with E-state index in [1.54, 1.807) is 7.11 Å². The number of methoxy groups -OCH3 is 1. The molecule has 1 saturated heterocycles. The molecule has 0 radical (unpaired) electrons. The molecule has 0 bridgehead atoms. The van der Waals surface area contributed by atoms with Crippen LogP contribution >= 0.6 is 15.9 Å². The molecule has 3 rings (SSSR count). The summed E-state index contributed by atoms with van der Waals surface area (Å²) in [7, 11) is 1.72. The summed E-state index contributed by atoms with van der Waals surface area (Å²) in [6.07, 6.45) is 0. The monoisotopic (exact) mass is 360 g/mol. The van der Waals surface area contributed by atoms with Gasteiger partial charge in [0.05, 0.1) is 13.2 Å². The minimum Gasteiger partial charge on any atom is -0.497 e. The van der Waals surface area contributed by atoms with Crippen LogP contribution in [-0.2, 0) is 0 Å². The number of nitrogens with one attached hydrogen (secondary N) is 1. The summed E-state index contributed by atoms with van der Waals surface area (Å²) in [5, 5.41) is 3.43. The smallest absolute Gasteiger partial charge is 0.119 e. The first-order valence-corrected chi connectivity index (χ1v) is 8.41. The van der Waals surface area contributed by atoms with Crippen molar-refractivity contribution < 1.29 is 4.74 Å². The quantitative estimate of drug-likeness (QED) is 0.903.